The van der Waals surface area contributed by atoms with E-state index in [1.54, 1.807) is 0 Å². The third-order valence-corrected chi connectivity index (χ3v) is 4.93. The van der Waals surface area contributed by atoms with Crippen molar-refractivity contribution in [1.82, 2.24) is 5.32 Å². The fourth-order valence-electron chi connectivity index (χ4n) is 3.60. The summed E-state index contributed by atoms with van der Waals surface area (Å²) in [5.74, 6) is 0.0710. The number of carbonyl (C=O) groups is 1. The molecule has 3 rings (SSSR count). The normalized spacial score (nSPS) is 15.6. The second-order valence-corrected chi connectivity index (χ2v) is 8.19. The summed E-state index contributed by atoms with van der Waals surface area (Å²) in [6.45, 7) is 10.2. The first-order valence-corrected chi connectivity index (χ1v) is 9.55. The molecule has 144 valence electrons. The number of amides is 1. The van der Waals surface area contributed by atoms with Crippen molar-refractivity contribution in [2.75, 3.05) is 6.61 Å². The van der Waals surface area contributed by atoms with Gasteiger partial charge in [-0.3, -0.25) is 0 Å². The Kier molecular flexibility index (Phi) is 5.56. The molecule has 27 heavy (non-hydrogen) atoms. The summed E-state index contributed by atoms with van der Waals surface area (Å²) >= 11 is 0. The maximum atomic E-state index is 12.3. The lowest BCUT2D eigenvalue weighted by Crippen LogP contribution is -2.44. The molecular formula is C23H29NO3. The fraction of sp³-hybridized carbons (Fsp3) is 0.435. The zero-order chi connectivity index (χ0) is 19.6. The van der Waals surface area contributed by atoms with Gasteiger partial charge in [-0.1, -0.05) is 48.5 Å². The molecule has 2 unspecified atom stereocenters. The maximum Gasteiger partial charge on any atom is 0.407 e. The van der Waals surface area contributed by atoms with Crippen molar-refractivity contribution in [1.29, 1.82) is 0 Å². The molecule has 0 spiro atoms. The number of benzene rings is 2. The van der Waals surface area contributed by atoms with Gasteiger partial charge >= 0.3 is 6.09 Å². The molecule has 0 saturated carbocycles. The fourth-order valence-corrected chi connectivity index (χ4v) is 3.60. The molecule has 4 nitrogen and oxygen atoms in total. The molecule has 1 N–H and O–H groups in total. The minimum Gasteiger partial charge on any atom is -0.449 e. The molecular weight excluding hydrogens is 338 g/mol. The molecule has 0 radical (unpaired) electrons. The van der Waals surface area contributed by atoms with Crippen LogP contribution in [0.4, 0.5) is 4.79 Å². The van der Waals surface area contributed by atoms with Crippen molar-refractivity contribution in [2.45, 2.75) is 58.3 Å². The average Bonchev–Trinajstić information content (AvgIpc) is 2.92. The smallest absolute Gasteiger partial charge is 0.407 e. The van der Waals surface area contributed by atoms with Gasteiger partial charge in [0.25, 0.3) is 0 Å². The molecule has 4 heteroatoms. The summed E-state index contributed by atoms with van der Waals surface area (Å²) in [4.78, 5) is 12.3. The Morgan fingerprint density at radius 3 is 2.04 bits per heavy atom. The first-order chi connectivity index (χ1) is 12.8. The second kappa shape index (κ2) is 7.73. The van der Waals surface area contributed by atoms with E-state index in [1.165, 1.54) is 22.3 Å². The standard InChI is InChI=1S/C23H29NO3/c1-15(16(2)27-23(3,4)5)24-22(25)26-14-21-19-12-8-6-10-17(19)18-11-7-9-13-20(18)21/h6-13,15-16,21H,14H2,1-5H3,(H,24,25). The number of hydrogen-bond acceptors (Lipinski definition) is 3. The molecule has 2 aromatic rings. The quantitative estimate of drug-likeness (QED) is 0.798. The highest BCUT2D eigenvalue weighted by atomic mass is 16.6. The third kappa shape index (κ3) is 4.51. The zero-order valence-electron chi connectivity index (χ0n) is 16.8. The number of rotatable bonds is 5. The van der Waals surface area contributed by atoms with Gasteiger partial charge in [-0.15, -0.1) is 0 Å². The van der Waals surface area contributed by atoms with Crippen molar-refractivity contribution in [3.05, 3.63) is 59.7 Å². The van der Waals surface area contributed by atoms with Gasteiger partial charge < -0.3 is 14.8 Å². The van der Waals surface area contributed by atoms with Crippen LogP contribution in [0, 0.1) is 0 Å². The monoisotopic (exact) mass is 367 g/mol. The van der Waals surface area contributed by atoms with E-state index in [2.05, 4.69) is 29.6 Å². The summed E-state index contributed by atoms with van der Waals surface area (Å²) in [5.41, 5.74) is 4.62. The van der Waals surface area contributed by atoms with Crippen LogP contribution in [0.25, 0.3) is 11.1 Å². The number of nitrogens with one attached hydrogen (secondary N) is 1. The first kappa shape index (κ1) is 19.4. The molecule has 0 aliphatic heterocycles. The van der Waals surface area contributed by atoms with Crippen molar-refractivity contribution in [3.8, 4) is 11.1 Å². The topological polar surface area (TPSA) is 47.6 Å². The second-order valence-electron chi connectivity index (χ2n) is 8.19. The molecule has 1 aliphatic rings. The van der Waals surface area contributed by atoms with Gasteiger partial charge in [-0.05, 0) is 56.9 Å². The van der Waals surface area contributed by atoms with Gasteiger partial charge in [0, 0.05) is 5.92 Å². The lowest BCUT2D eigenvalue weighted by Gasteiger charge is -2.29. The number of ether oxygens (including phenoxy) is 2. The Morgan fingerprint density at radius 2 is 1.52 bits per heavy atom. The molecule has 0 saturated heterocycles. The molecule has 1 aliphatic carbocycles. The predicted molar refractivity (Wildman–Crippen MR) is 108 cm³/mol. The predicted octanol–water partition coefficient (Wildman–Crippen LogP) is 5.12. The van der Waals surface area contributed by atoms with Crippen LogP contribution in [0.2, 0.25) is 0 Å². The molecule has 0 aromatic heterocycles. The van der Waals surface area contributed by atoms with E-state index in [-0.39, 0.29) is 23.7 Å². The van der Waals surface area contributed by atoms with Crippen LogP contribution in [0.3, 0.4) is 0 Å². The van der Waals surface area contributed by atoms with E-state index in [0.717, 1.165) is 0 Å². The Hall–Kier alpha value is -2.33. The van der Waals surface area contributed by atoms with E-state index in [0.29, 0.717) is 6.61 Å². The van der Waals surface area contributed by atoms with Gasteiger partial charge in [-0.2, -0.15) is 0 Å². The van der Waals surface area contributed by atoms with Crippen LogP contribution in [-0.4, -0.2) is 30.4 Å². The van der Waals surface area contributed by atoms with E-state index in [4.69, 9.17) is 9.47 Å². The van der Waals surface area contributed by atoms with Crippen LogP contribution in [0.15, 0.2) is 48.5 Å². The number of hydrogen-bond donors (Lipinski definition) is 1. The zero-order valence-corrected chi connectivity index (χ0v) is 16.8. The molecule has 2 atom stereocenters. The van der Waals surface area contributed by atoms with Crippen LogP contribution >= 0.6 is 0 Å². The maximum absolute atomic E-state index is 12.3. The van der Waals surface area contributed by atoms with Gasteiger partial charge in [0.2, 0.25) is 0 Å². The summed E-state index contributed by atoms with van der Waals surface area (Å²) in [6.07, 6.45) is -0.515. The molecule has 0 heterocycles. The van der Waals surface area contributed by atoms with Crippen LogP contribution in [-0.2, 0) is 9.47 Å². The van der Waals surface area contributed by atoms with E-state index in [9.17, 15) is 4.79 Å². The highest BCUT2D eigenvalue weighted by Crippen LogP contribution is 2.44. The van der Waals surface area contributed by atoms with Crippen LogP contribution in [0.5, 0.6) is 0 Å². The highest BCUT2D eigenvalue weighted by Gasteiger charge is 2.29. The highest BCUT2D eigenvalue weighted by molar-refractivity contribution is 5.79. The van der Waals surface area contributed by atoms with E-state index < -0.39 is 6.09 Å². The van der Waals surface area contributed by atoms with E-state index in [1.807, 2.05) is 58.9 Å². The van der Waals surface area contributed by atoms with Crippen molar-refractivity contribution < 1.29 is 14.3 Å². The molecule has 0 fully saturated rings. The van der Waals surface area contributed by atoms with Gasteiger partial charge in [0.05, 0.1) is 17.7 Å². The number of fused-ring (bicyclic) bond motifs is 3. The Labute approximate surface area is 161 Å². The first-order valence-electron chi connectivity index (χ1n) is 9.55. The summed E-state index contributed by atoms with van der Waals surface area (Å²) < 4.78 is 11.5. The molecule has 0 bridgehead atoms. The molecule has 1 amide bonds. The van der Waals surface area contributed by atoms with Gasteiger partial charge in [-0.25, -0.2) is 4.79 Å². The SMILES string of the molecule is CC(NC(=O)OCC1c2ccccc2-c2ccccc21)C(C)OC(C)(C)C. The van der Waals surface area contributed by atoms with Crippen LogP contribution in [0.1, 0.15) is 51.7 Å². The Morgan fingerprint density at radius 1 is 1.00 bits per heavy atom. The summed E-state index contributed by atoms with van der Waals surface area (Å²) in [6, 6.07) is 16.5. The minimum atomic E-state index is -0.409. The lowest BCUT2D eigenvalue weighted by molar-refractivity contribution is -0.0633. The molecule has 2 aromatic carbocycles. The minimum absolute atomic E-state index is 0.0710. The van der Waals surface area contributed by atoms with Gasteiger partial charge in [0.1, 0.15) is 6.61 Å². The van der Waals surface area contributed by atoms with Crippen molar-refractivity contribution >= 4 is 6.09 Å². The Balaban J connectivity index is 1.63. The number of carbonyl (C=O) groups excluding carboxylic acids is 1. The van der Waals surface area contributed by atoms with Crippen molar-refractivity contribution in [2.24, 2.45) is 0 Å². The lowest BCUT2D eigenvalue weighted by atomic mass is 9.98. The van der Waals surface area contributed by atoms with Crippen molar-refractivity contribution in [3.63, 3.8) is 0 Å². The average molecular weight is 367 g/mol. The third-order valence-electron chi connectivity index (χ3n) is 4.93. The van der Waals surface area contributed by atoms with Crippen LogP contribution < -0.4 is 5.32 Å². The summed E-state index contributed by atoms with van der Waals surface area (Å²) in [5, 5.41) is 2.89. The van der Waals surface area contributed by atoms with E-state index >= 15 is 0 Å². The largest absolute Gasteiger partial charge is 0.449 e. The van der Waals surface area contributed by atoms with Gasteiger partial charge in [0.15, 0.2) is 0 Å². The summed E-state index contributed by atoms with van der Waals surface area (Å²) in [7, 11) is 0. The Bertz CT molecular complexity index is 764. The number of alkyl carbamates (subject to hydrolysis) is 1.